The van der Waals surface area contributed by atoms with Crippen LogP contribution in [0.4, 0.5) is 5.69 Å². The van der Waals surface area contributed by atoms with E-state index in [4.69, 9.17) is 0 Å². The van der Waals surface area contributed by atoms with E-state index in [2.05, 4.69) is 26.7 Å². The van der Waals surface area contributed by atoms with Gasteiger partial charge >= 0.3 is 0 Å². The van der Waals surface area contributed by atoms with Gasteiger partial charge in [0, 0.05) is 25.0 Å². The molecule has 0 saturated carbocycles. The van der Waals surface area contributed by atoms with Gasteiger partial charge in [0.25, 0.3) is 11.8 Å². The summed E-state index contributed by atoms with van der Waals surface area (Å²) in [5.41, 5.74) is 3.65. The van der Waals surface area contributed by atoms with Gasteiger partial charge in [0.1, 0.15) is 18.4 Å². The average Bonchev–Trinajstić information content (AvgIpc) is 2.84. The number of likely N-dealkylation sites (N-methyl/N-ethyl adjacent to an activating group) is 1. The largest absolute Gasteiger partial charge is 0.368 e. The van der Waals surface area contributed by atoms with Gasteiger partial charge in [0.2, 0.25) is 0 Å². The molecular weight excluding hydrogens is 426 g/mol. The van der Waals surface area contributed by atoms with E-state index in [9.17, 15) is 9.59 Å². The van der Waals surface area contributed by atoms with E-state index in [0.29, 0.717) is 11.4 Å². The van der Waals surface area contributed by atoms with E-state index in [1.54, 1.807) is 24.3 Å². The maximum atomic E-state index is 12.8. The van der Waals surface area contributed by atoms with E-state index in [0.717, 1.165) is 11.1 Å². The molecule has 3 N–H and O–H groups in total. The number of hydrogen-bond donors (Lipinski definition) is 3. The summed E-state index contributed by atoms with van der Waals surface area (Å²) in [7, 11) is 3.78. The highest BCUT2D eigenvalue weighted by atomic mass is 16.2. The molecule has 0 bridgehead atoms. The lowest BCUT2D eigenvalue weighted by Crippen LogP contribution is -2.62. The van der Waals surface area contributed by atoms with Gasteiger partial charge in [-0.15, -0.1) is 0 Å². The number of allylic oxidation sites excluding steroid dienone is 4. The molecule has 1 aliphatic carbocycles. The van der Waals surface area contributed by atoms with Crippen molar-refractivity contribution in [1.82, 2.24) is 15.2 Å². The van der Waals surface area contributed by atoms with Crippen LogP contribution in [-0.4, -0.2) is 48.1 Å². The number of aromatic nitrogens is 1. The number of anilines is 1. The van der Waals surface area contributed by atoms with Gasteiger partial charge in [0.05, 0.1) is 11.7 Å². The van der Waals surface area contributed by atoms with Crippen LogP contribution < -0.4 is 15.6 Å². The predicted octanol–water partition coefficient (Wildman–Crippen LogP) is 2.07. The van der Waals surface area contributed by atoms with E-state index < -0.39 is 5.91 Å². The molecule has 2 heterocycles. The third kappa shape index (κ3) is 5.45. The molecule has 4 rings (SSSR count). The summed E-state index contributed by atoms with van der Waals surface area (Å²) < 4.78 is 0. The summed E-state index contributed by atoms with van der Waals surface area (Å²) >= 11 is 0. The van der Waals surface area contributed by atoms with Crippen molar-refractivity contribution in [2.45, 2.75) is 6.04 Å². The highest BCUT2D eigenvalue weighted by Crippen LogP contribution is 2.23. The lowest BCUT2D eigenvalue weighted by molar-refractivity contribution is -0.413. The first kappa shape index (κ1) is 22.7. The Labute approximate surface area is 198 Å². The van der Waals surface area contributed by atoms with Gasteiger partial charge in [-0.3, -0.25) is 14.6 Å². The molecule has 0 saturated heterocycles. The summed E-state index contributed by atoms with van der Waals surface area (Å²) in [6.07, 6.45) is 17.5. The van der Waals surface area contributed by atoms with Crippen molar-refractivity contribution < 1.29 is 14.6 Å². The molecule has 1 aromatic heterocycles. The van der Waals surface area contributed by atoms with Crippen molar-refractivity contribution in [2.75, 3.05) is 19.4 Å². The second-order valence-electron chi connectivity index (χ2n) is 7.84. The van der Waals surface area contributed by atoms with Crippen molar-refractivity contribution in [3.05, 3.63) is 113 Å². The van der Waals surface area contributed by atoms with Crippen LogP contribution in [0.1, 0.15) is 26.5 Å². The monoisotopic (exact) mass is 452 g/mol. The first-order valence-corrected chi connectivity index (χ1v) is 10.9. The molecule has 1 aromatic carbocycles. The zero-order valence-corrected chi connectivity index (χ0v) is 19.0. The van der Waals surface area contributed by atoms with Crippen LogP contribution in [0.3, 0.4) is 0 Å². The maximum absolute atomic E-state index is 12.8. The number of fused-ring (bicyclic) bond motifs is 1. The van der Waals surface area contributed by atoms with Crippen LogP contribution in [0.5, 0.6) is 0 Å². The fraction of sp³-hybridized carbons (Fsp3) is 0.111. The Morgan fingerprint density at radius 3 is 2.62 bits per heavy atom. The molecule has 34 heavy (non-hydrogen) atoms. The molecule has 0 spiro atoms. The number of benzene rings is 1. The molecule has 2 aromatic rings. The SMILES string of the molecule is C[NH+]=C/C=C\c1cccc(NC(=O)c2cccc(C(=O)NC3=CN(C)C4C=CC=CC4=C3)n2)c1. The van der Waals surface area contributed by atoms with Crippen LogP contribution >= 0.6 is 0 Å². The number of carbonyl (C=O) groups is 2. The first-order valence-electron chi connectivity index (χ1n) is 10.9. The Kier molecular flexibility index (Phi) is 6.93. The van der Waals surface area contributed by atoms with Gasteiger partial charge in [0.15, 0.2) is 6.21 Å². The minimum absolute atomic E-state index is 0.158. The van der Waals surface area contributed by atoms with Gasteiger partial charge in [-0.05, 0) is 47.6 Å². The molecular formula is C27H26N5O2+. The first-order chi connectivity index (χ1) is 16.5. The number of nitrogens with zero attached hydrogens (tertiary/aromatic N) is 2. The van der Waals surface area contributed by atoms with E-state index >= 15 is 0 Å². The molecule has 0 fully saturated rings. The second-order valence-corrected chi connectivity index (χ2v) is 7.84. The number of rotatable bonds is 6. The molecule has 7 heteroatoms. The standard InChI is InChI=1S/C27H25N5O2/c1-28-15-7-9-19-8-5-11-21(16-19)29-26(33)23-12-6-13-24(31-23)27(34)30-22-17-20-10-3-4-14-25(20)32(2)18-22/h3-18,25H,1-2H3,(H,29,33)(H,30,34)/p+1/b9-7-,28-15?. The second kappa shape index (κ2) is 10.4. The van der Waals surface area contributed by atoms with Crippen molar-refractivity contribution in [3.8, 4) is 0 Å². The van der Waals surface area contributed by atoms with E-state index in [1.165, 1.54) is 0 Å². The molecule has 7 nitrogen and oxygen atoms in total. The van der Waals surface area contributed by atoms with Crippen LogP contribution in [0.2, 0.25) is 0 Å². The Bertz CT molecular complexity index is 1280. The van der Waals surface area contributed by atoms with Crippen molar-refractivity contribution >= 4 is 29.8 Å². The summed E-state index contributed by atoms with van der Waals surface area (Å²) in [6, 6.07) is 12.4. The van der Waals surface area contributed by atoms with Gasteiger partial charge in [-0.1, -0.05) is 42.5 Å². The third-order valence-electron chi connectivity index (χ3n) is 5.31. The van der Waals surface area contributed by atoms with E-state index in [1.807, 2.05) is 86.1 Å². The zero-order chi connectivity index (χ0) is 23.9. The molecule has 1 unspecified atom stereocenters. The quantitative estimate of drug-likeness (QED) is 0.586. The van der Waals surface area contributed by atoms with Crippen LogP contribution in [0.15, 0.2) is 96.4 Å². The van der Waals surface area contributed by atoms with E-state index in [-0.39, 0.29) is 23.3 Å². The molecule has 170 valence electrons. The summed E-state index contributed by atoms with van der Waals surface area (Å²) in [5.74, 6) is -0.772. The number of carbonyl (C=O) groups excluding carboxylic acids is 2. The van der Waals surface area contributed by atoms with Gasteiger partial charge in [-0.25, -0.2) is 4.98 Å². The Morgan fingerprint density at radius 1 is 1.06 bits per heavy atom. The van der Waals surface area contributed by atoms with Crippen molar-refractivity contribution in [2.24, 2.45) is 0 Å². The number of hydrogen-bond acceptors (Lipinski definition) is 4. The number of nitrogens with one attached hydrogen (secondary N) is 3. The summed E-state index contributed by atoms with van der Waals surface area (Å²) in [5, 5.41) is 5.72. The van der Waals surface area contributed by atoms with Crippen LogP contribution in [0, 0.1) is 0 Å². The molecule has 2 amide bonds. The highest BCUT2D eigenvalue weighted by Gasteiger charge is 2.21. The fourth-order valence-electron chi connectivity index (χ4n) is 3.69. The lowest BCUT2D eigenvalue weighted by Gasteiger charge is -2.31. The van der Waals surface area contributed by atoms with Crippen molar-refractivity contribution in [3.63, 3.8) is 0 Å². The number of amides is 2. The topological polar surface area (TPSA) is 88.3 Å². The Balaban J connectivity index is 1.45. The van der Waals surface area contributed by atoms with Gasteiger partial charge < -0.3 is 15.5 Å². The summed E-state index contributed by atoms with van der Waals surface area (Å²) in [4.78, 5) is 34.8. The van der Waals surface area contributed by atoms with Crippen LogP contribution in [-0.2, 0) is 0 Å². The highest BCUT2D eigenvalue weighted by molar-refractivity contribution is 6.04. The van der Waals surface area contributed by atoms with Crippen LogP contribution in [0.25, 0.3) is 6.08 Å². The summed E-state index contributed by atoms with van der Waals surface area (Å²) in [6.45, 7) is 0. The minimum Gasteiger partial charge on any atom is -0.368 e. The molecule has 1 aliphatic heterocycles. The van der Waals surface area contributed by atoms with Gasteiger partial charge in [-0.2, -0.15) is 0 Å². The predicted molar refractivity (Wildman–Crippen MR) is 134 cm³/mol. The van der Waals surface area contributed by atoms with Crippen molar-refractivity contribution in [1.29, 1.82) is 0 Å². The Morgan fingerprint density at radius 2 is 1.82 bits per heavy atom. The molecule has 0 radical (unpaired) electrons. The maximum Gasteiger partial charge on any atom is 0.274 e. The zero-order valence-electron chi connectivity index (χ0n) is 19.0. The number of pyridine rings is 1. The minimum atomic E-state index is -0.390. The lowest BCUT2D eigenvalue weighted by atomic mass is 9.97. The average molecular weight is 453 g/mol. The third-order valence-corrected chi connectivity index (χ3v) is 5.31. The normalized spacial score (nSPS) is 16.9. The fourth-order valence-corrected chi connectivity index (χ4v) is 3.69. The molecule has 2 aliphatic rings. The Hall–Kier alpha value is -4.52. The molecule has 1 atom stereocenters. The smallest absolute Gasteiger partial charge is 0.274 e.